The topological polar surface area (TPSA) is 89.9 Å². The van der Waals surface area contributed by atoms with Gasteiger partial charge in [-0.15, -0.1) is 0 Å². The van der Waals surface area contributed by atoms with Crippen LogP contribution in [-0.2, 0) is 0 Å². The molecule has 0 amide bonds. The lowest BCUT2D eigenvalue weighted by atomic mass is 10.3. The van der Waals surface area contributed by atoms with Gasteiger partial charge in [0.05, 0.1) is 22.8 Å². The molecule has 0 aromatic rings. The molecule has 14 heavy (non-hydrogen) atoms. The molecule has 0 radical (unpaired) electrons. The van der Waals surface area contributed by atoms with Gasteiger partial charge in [0.25, 0.3) is 0 Å². The minimum absolute atomic E-state index is 0.389. The summed E-state index contributed by atoms with van der Waals surface area (Å²) < 4.78 is 0. The summed E-state index contributed by atoms with van der Waals surface area (Å²) in [6, 6.07) is 0. The number of nitrogens with zero attached hydrogens (tertiary/aromatic N) is 4. The van der Waals surface area contributed by atoms with Crippen molar-refractivity contribution in [2.24, 2.45) is 20.5 Å². The minimum Gasteiger partial charge on any atom is -0.411 e. The Labute approximate surface area is 82.3 Å². The van der Waals surface area contributed by atoms with Crippen molar-refractivity contribution in [3.05, 3.63) is 0 Å². The fourth-order valence-electron chi connectivity index (χ4n) is 0.439. The molecule has 0 unspecified atom stereocenters. The van der Waals surface area contributed by atoms with Gasteiger partial charge in [0.1, 0.15) is 0 Å². The minimum atomic E-state index is 0.389. The Hall–Kier alpha value is -1.72. The molecule has 0 atom stereocenters. The molecule has 78 valence electrons. The predicted octanol–water partition coefficient (Wildman–Crippen LogP) is 1.52. The van der Waals surface area contributed by atoms with Crippen molar-refractivity contribution in [1.82, 2.24) is 0 Å². The normalized spacial score (nSPS) is 16.0. The molecule has 0 saturated heterocycles. The van der Waals surface area contributed by atoms with Crippen molar-refractivity contribution >= 4 is 22.8 Å². The van der Waals surface area contributed by atoms with Crippen LogP contribution in [0.1, 0.15) is 27.7 Å². The largest absolute Gasteiger partial charge is 0.411 e. The Morgan fingerprint density at radius 2 is 0.929 bits per heavy atom. The van der Waals surface area contributed by atoms with E-state index in [1.165, 1.54) is 0 Å². The van der Waals surface area contributed by atoms with E-state index >= 15 is 0 Å². The zero-order valence-corrected chi connectivity index (χ0v) is 8.68. The van der Waals surface area contributed by atoms with Crippen LogP contribution < -0.4 is 0 Å². The molecule has 0 rings (SSSR count). The van der Waals surface area contributed by atoms with Crippen molar-refractivity contribution in [3.63, 3.8) is 0 Å². The van der Waals surface area contributed by atoms with Gasteiger partial charge < -0.3 is 10.4 Å². The number of rotatable bonds is 3. The Morgan fingerprint density at radius 1 is 0.643 bits per heavy atom. The van der Waals surface area contributed by atoms with Crippen molar-refractivity contribution in [2.75, 3.05) is 0 Å². The van der Waals surface area contributed by atoms with E-state index in [2.05, 4.69) is 20.5 Å². The lowest BCUT2D eigenvalue weighted by Crippen LogP contribution is -2.07. The van der Waals surface area contributed by atoms with Crippen LogP contribution in [0.2, 0.25) is 0 Å². The van der Waals surface area contributed by atoms with Crippen molar-refractivity contribution < 1.29 is 10.4 Å². The lowest BCUT2D eigenvalue weighted by molar-refractivity contribution is 0.319. The summed E-state index contributed by atoms with van der Waals surface area (Å²) in [6.45, 7) is 6.54. The third-order valence-corrected chi connectivity index (χ3v) is 1.70. The van der Waals surface area contributed by atoms with Gasteiger partial charge in [-0.2, -0.15) is 10.2 Å². The molecule has 0 fully saturated rings. The van der Waals surface area contributed by atoms with Gasteiger partial charge in [0.2, 0.25) is 0 Å². The van der Waals surface area contributed by atoms with Gasteiger partial charge in [0.15, 0.2) is 0 Å². The highest BCUT2D eigenvalue weighted by Crippen LogP contribution is 1.88. The van der Waals surface area contributed by atoms with Crippen LogP contribution in [0.4, 0.5) is 0 Å². The van der Waals surface area contributed by atoms with Crippen LogP contribution in [0, 0.1) is 0 Å². The van der Waals surface area contributed by atoms with E-state index < -0.39 is 0 Å². The maximum absolute atomic E-state index is 8.42. The summed E-state index contributed by atoms with van der Waals surface area (Å²) in [5.41, 5.74) is 1.77. The fourth-order valence-corrected chi connectivity index (χ4v) is 0.439. The Kier molecular flexibility index (Phi) is 5.13. The van der Waals surface area contributed by atoms with Gasteiger partial charge in [-0.1, -0.05) is 10.3 Å². The van der Waals surface area contributed by atoms with Crippen LogP contribution in [-0.4, -0.2) is 33.3 Å². The van der Waals surface area contributed by atoms with Crippen molar-refractivity contribution in [3.8, 4) is 0 Å². The van der Waals surface area contributed by atoms with Gasteiger partial charge in [-0.05, 0) is 27.7 Å². The molecular weight excluding hydrogens is 184 g/mol. The second-order valence-electron chi connectivity index (χ2n) is 2.74. The third kappa shape index (κ3) is 3.79. The third-order valence-electron chi connectivity index (χ3n) is 1.70. The SMILES string of the molecule is CC(=N/N=C(C)/C(C)=N\O)/C(C)=N/O. The van der Waals surface area contributed by atoms with Gasteiger partial charge >= 0.3 is 0 Å². The molecule has 2 N–H and O–H groups in total. The molecule has 6 heteroatoms. The average molecular weight is 198 g/mol. The zero-order valence-electron chi connectivity index (χ0n) is 8.68. The second kappa shape index (κ2) is 5.85. The smallest absolute Gasteiger partial charge is 0.0994 e. The highest BCUT2D eigenvalue weighted by Gasteiger charge is 1.98. The molecule has 6 nitrogen and oxygen atoms in total. The van der Waals surface area contributed by atoms with Crippen LogP contribution in [0.3, 0.4) is 0 Å². The molecule has 0 aliphatic heterocycles. The number of oxime groups is 2. The van der Waals surface area contributed by atoms with E-state index in [1.807, 2.05) is 0 Å². The van der Waals surface area contributed by atoms with E-state index in [1.54, 1.807) is 27.7 Å². The number of hydrogen-bond donors (Lipinski definition) is 2. The first kappa shape index (κ1) is 12.3. The Balaban J connectivity index is 4.71. The number of hydrogen-bond acceptors (Lipinski definition) is 6. The molecule has 0 heterocycles. The van der Waals surface area contributed by atoms with Crippen LogP contribution >= 0.6 is 0 Å². The van der Waals surface area contributed by atoms with Gasteiger partial charge in [0, 0.05) is 0 Å². The first-order valence-electron chi connectivity index (χ1n) is 3.99. The van der Waals surface area contributed by atoms with Gasteiger partial charge in [-0.3, -0.25) is 0 Å². The van der Waals surface area contributed by atoms with E-state index in [0.717, 1.165) is 0 Å². The molecule has 0 bridgehead atoms. The van der Waals surface area contributed by atoms with Gasteiger partial charge in [-0.25, -0.2) is 0 Å². The van der Waals surface area contributed by atoms with Crippen LogP contribution in [0.25, 0.3) is 0 Å². The fraction of sp³-hybridized carbons (Fsp3) is 0.500. The van der Waals surface area contributed by atoms with Crippen molar-refractivity contribution in [1.29, 1.82) is 0 Å². The molecule has 0 aromatic heterocycles. The molecule has 0 aromatic carbocycles. The van der Waals surface area contributed by atoms with Crippen LogP contribution in [0.5, 0.6) is 0 Å². The first-order chi connectivity index (χ1) is 6.52. The highest BCUT2D eigenvalue weighted by atomic mass is 16.4. The monoisotopic (exact) mass is 198 g/mol. The standard InChI is InChI=1S/C8H14N4O2/c1-5(7(3)11-13)9-10-6(2)8(4)12-14/h13-14H,1-4H3/b9-5-,10-6+,11-7+,12-8-. The quantitative estimate of drug-likeness (QED) is 0.409. The maximum Gasteiger partial charge on any atom is 0.0994 e. The first-order valence-corrected chi connectivity index (χ1v) is 3.99. The molecule has 0 aliphatic carbocycles. The molecule has 0 aliphatic rings. The summed E-state index contributed by atoms with van der Waals surface area (Å²) in [5.74, 6) is 0. The predicted molar refractivity (Wildman–Crippen MR) is 56.0 cm³/mol. The van der Waals surface area contributed by atoms with E-state index in [9.17, 15) is 0 Å². The zero-order chi connectivity index (χ0) is 11.1. The Bertz CT molecular complexity index is 283. The summed E-state index contributed by atoms with van der Waals surface area (Å²) in [4.78, 5) is 0. The summed E-state index contributed by atoms with van der Waals surface area (Å²) in [6.07, 6.45) is 0. The average Bonchev–Trinajstić information content (AvgIpc) is 2.22. The summed E-state index contributed by atoms with van der Waals surface area (Å²) in [5, 5.41) is 30.3. The molecule has 0 saturated carbocycles. The van der Waals surface area contributed by atoms with Crippen LogP contribution in [0.15, 0.2) is 20.5 Å². The lowest BCUT2D eigenvalue weighted by Gasteiger charge is -1.95. The summed E-state index contributed by atoms with van der Waals surface area (Å²) >= 11 is 0. The van der Waals surface area contributed by atoms with E-state index in [0.29, 0.717) is 22.8 Å². The highest BCUT2D eigenvalue weighted by molar-refractivity contribution is 6.42. The second-order valence-corrected chi connectivity index (χ2v) is 2.74. The van der Waals surface area contributed by atoms with E-state index in [-0.39, 0.29) is 0 Å². The molecular formula is C8H14N4O2. The maximum atomic E-state index is 8.42. The van der Waals surface area contributed by atoms with Crippen molar-refractivity contribution in [2.45, 2.75) is 27.7 Å². The van der Waals surface area contributed by atoms with E-state index in [4.69, 9.17) is 10.4 Å². The Morgan fingerprint density at radius 3 is 1.14 bits per heavy atom. The molecule has 0 spiro atoms. The summed E-state index contributed by atoms with van der Waals surface area (Å²) in [7, 11) is 0.